The molecule has 0 saturated heterocycles. The Labute approximate surface area is 643 Å². The number of nitrogens with one attached hydrogen (secondary N) is 11. The van der Waals surface area contributed by atoms with Gasteiger partial charge in [-0.1, -0.05) is 20.8 Å². The van der Waals surface area contributed by atoms with Gasteiger partial charge in [0.1, 0.15) is 60.4 Å². The maximum Gasteiger partial charge on any atom is 0.243 e. The molecule has 0 radical (unpaired) electrons. The molecule has 622 valence electrons. The Morgan fingerprint density at radius 2 is 0.464 bits per heavy atom. The molecule has 0 unspecified atom stereocenters. The van der Waals surface area contributed by atoms with Gasteiger partial charge in [-0.3, -0.25) is 97.5 Å². The van der Waals surface area contributed by atoms with E-state index >= 15 is 0 Å². The van der Waals surface area contributed by atoms with Crippen molar-refractivity contribution in [1.82, 2.24) is 58.5 Å². The fraction of sp³-hybridized carbons (Fsp3) is 0.672. The zero-order valence-corrected chi connectivity index (χ0v) is 63.8. The van der Waals surface area contributed by atoms with Crippen LogP contribution < -0.4 is 156 Å². The monoisotopic (exact) mass is 1580 g/mol. The smallest absolute Gasteiger partial charge is 0.243 e. The van der Waals surface area contributed by atoms with E-state index < -0.39 is 143 Å². The molecule has 10 atom stereocenters. The zero-order valence-electron chi connectivity index (χ0n) is 62.9. The number of hydrogen-bond acceptors (Lipinski definition) is 21. The molecule has 0 rings (SSSR count). The van der Waals surface area contributed by atoms with Crippen molar-refractivity contribution in [3.05, 3.63) is 0 Å². The van der Waals surface area contributed by atoms with Crippen LogP contribution in [-0.4, -0.2) is 244 Å². The Hall–Kier alpha value is -11.8. The molecule has 0 aromatic heterocycles. The standard InChI is InChI=1S/C61H120N36O12S/c1-31(88-52(109)61(2,3)4)43(100)87-29-41(98)89-32(13-5-21-79-53(63)64)44(101)90-33(14-6-22-80-54(65)66)45(102)91-34(15-7-23-81-55(67)68)46(103)92-35(16-8-24-82-56(69)70)47(104)93-36(17-9-25-83-57(71)72)48(105)94-37(18-10-26-84-58(73)74)49(106)95-38(19-11-27-85-59(75)76)50(107)96-39(20-12-28-86-60(77)78)51(108)97-40(30-110)42(62)99/h31-40,110H,5-30H2,1-4H3,(H2,62,99)(H,87,100)(H,88,109)(H,89,98)(H,90,101)(H,91,102)(H,92,103)(H,93,104)(H,94,105)(H,95,106)(H,96,107)(H,97,108)(H4,63,64,79)(H4,65,66,80)(H4,67,68,81)(H4,69,70,82)(H4,71,72,83)(H4,73,74,84)(H4,75,76,85)(H4,77,78,86)/t31-,32+,33+,34+,35+,36+,37+,38+,39+,40+/m0/s1. The molecular weight excluding hydrogens is 1460 g/mol. The van der Waals surface area contributed by atoms with Gasteiger partial charge in [-0.05, 0) is 110 Å². The highest BCUT2D eigenvalue weighted by atomic mass is 32.1. The van der Waals surface area contributed by atoms with E-state index in [1.54, 1.807) is 20.8 Å². The zero-order chi connectivity index (χ0) is 83.6. The first-order valence-electron chi connectivity index (χ1n) is 35.2. The minimum Gasteiger partial charge on any atom is -0.370 e. The quantitative estimate of drug-likeness (QED) is 0.0116. The Morgan fingerprint density at radius 3 is 0.627 bits per heavy atom. The molecule has 0 bridgehead atoms. The molecule has 48 nitrogen and oxygen atoms in total. The second kappa shape index (κ2) is 53.8. The van der Waals surface area contributed by atoms with Crippen LogP contribution in [0.2, 0.25) is 0 Å². The molecule has 0 aliphatic rings. The van der Waals surface area contributed by atoms with Gasteiger partial charge in [0, 0.05) is 63.5 Å². The van der Waals surface area contributed by atoms with Crippen LogP contribution in [0.5, 0.6) is 0 Å². The van der Waals surface area contributed by atoms with Crippen molar-refractivity contribution in [2.75, 3.05) is 64.7 Å². The summed E-state index contributed by atoms with van der Waals surface area (Å²) in [6, 6.07) is -14.6. The number of carbonyl (C=O) groups excluding carboxylic acids is 12. The Bertz CT molecular complexity index is 3240. The van der Waals surface area contributed by atoms with Crippen LogP contribution in [-0.2, 0) is 57.5 Å². The van der Waals surface area contributed by atoms with E-state index in [1.807, 2.05) is 0 Å². The van der Waals surface area contributed by atoms with Crippen molar-refractivity contribution in [2.24, 2.45) is 143 Å². The first-order valence-corrected chi connectivity index (χ1v) is 35.9. The number of nitrogens with two attached hydrogens (primary N) is 17. The van der Waals surface area contributed by atoms with Crippen LogP contribution in [0.25, 0.3) is 0 Å². The van der Waals surface area contributed by atoms with Gasteiger partial charge in [0.05, 0.1) is 6.54 Å². The molecule has 0 aliphatic carbocycles. The molecule has 0 spiro atoms. The van der Waals surface area contributed by atoms with Gasteiger partial charge in [-0.2, -0.15) is 12.6 Å². The Balaban J connectivity index is 7.93. The number of rotatable bonds is 55. The molecule has 0 saturated carbocycles. The van der Waals surface area contributed by atoms with Gasteiger partial charge in [0.2, 0.25) is 70.9 Å². The predicted molar refractivity (Wildman–Crippen MR) is 420 cm³/mol. The average Bonchev–Trinajstić information content (AvgIpc) is 0.856. The topological polar surface area (TPSA) is 878 Å². The number of hydrogen-bond donors (Lipinski definition) is 29. The fourth-order valence-electron chi connectivity index (χ4n) is 9.61. The van der Waals surface area contributed by atoms with Crippen LogP contribution >= 0.6 is 12.6 Å². The van der Waals surface area contributed by atoms with Crippen molar-refractivity contribution < 1.29 is 57.5 Å². The number of thiol groups is 1. The molecular formula is C61H120N36O12S. The molecule has 49 heteroatoms. The summed E-state index contributed by atoms with van der Waals surface area (Å²) in [5.74, 6) is -13.3. The summed E-state index contributed by atoms with van der Waals surface area (Å²) in [6.45, 7) is 5.16. The summed E-state index contributed by atoms with van der Waals surface area (Å²) in [4.78, 5) is 199. The van der Waals surface area contributed by atoms with Gasteiger partial charge >= 0.3 is 0 Å². The highest BCUT2D eigenvalue weighted by molar-refractivity contribution is 7.80. The van der Waals surface area contributed by atoms with Crippen molar-refractivity contribution in [3.63, 3.8) is 0 Å². The molecule has 45 N–H and O–H groups in total. The highest BCUT2D eigenvalue weighted by Crippen LogP contribution is 2.14. The largest absolute Gasteiger partial charge is 0.370 e. The summed E-state index contributed by atoms with van der Waals surface area (Å²) < 4.78 is 0. The minimum atomic E-state index is -1.61. The lowest BCUT2D eigenvalue weighted by Gasteiger charge is -2.28. The first kappa shape index (κ1) is 98.2. The third kappa shape index (κ3) is 46.3. The first-order chi connectivity index (χ1) is 51.6. The predicted octanol–water partition coefficient (Wildman–Crippen LogP) is -13.1. The molecule has 0 aromatic rings. The van der Waals surface area contributed by atoms with Crippen LogP contribution in [0.1, 0.15) is 130 Å². The fourth-order valence-corrected chi connectivity index (χ4v) is 9.88. The molecule has 0 aliphatic heterocycles. The van der Waals surface area contributed by atoms with E-state index in [0.717, 1.165) is 0 Å². The average molecular weight is 1580 g/mol. The number of aliphatic imine (C=N–C) groups is 8. The van der Waals surface area contributed by atoms with Crippen molar-refractivity contribution >= 4 is 131 Å². The van der Waals surface area contributed by atoms with E-state index in [2.05, 4.69) is 111 Å². The Kier molecular flexibility index (Phi) is 48.0. The van der Waals surface area contributed by atoms with Gasteiger partial charge < -0.3 is 156 Å². The second-order valence-corrected chi connectivity index (χ2v) is 26.3. The summed E-state index contributed by atoms with van der Waals surface area (Å²) in [5, 5.41) is 28.3. The van der Waals surface area contributed by atoms with Crippen molar-refractivity contribution in [3.8, 4) is 0 Å². The maximum atomic E-state index is 14.9. The van der Waals surface area contributed by atoms with E-state index in [0.29, 0.717) is 0 Å². The van der Waals surface area contributed by atoms with Gasteiger partial charge in [-0.25, -0.2) is 0 Å². The van der Waals surface area contributed by atoms with E-state index in [4.69, 9.17) is 97.5 Å². The van der Waals surface area contributed by atoms with Crippen LogP contribution in [0.3, 0.4) is 0 Å². The van der Waals surface area contributed by atoms with Crippen molar-refractivity contribution in [2.45, 2.75) is 191 Å². The molecule has 12 amide bonds. The summed E-state index contributed by atoms with van der Waals surface area (Å²) in [6.07, 6.45) is -1.39. The van der Waals surface area contributed by atoms with E-state index in [9.17, 15) is 57.5 Å². The van der Waals surface area contributed by atoms with Gasteiger partial charge in [-0.15, -0.1) is 0 Å². The minimum absolute atomic E-state index is 0.00156. The number of primary amides is 1. The lowest BCUT2D eigenvalue weighted by atomic mass is 9.95. The number of amides is 12. The molecule has 110 heavy (non-hydrogen) atoms. The molecule has 0 heterocycles. The molecule has 0 fully saturated rings. The lowest BCUT2D eigenvalue weighted by Crippen LogP contribution is -2.60. The third-order valence-corrected chi connectivity index (χ3v) is 15.7. The maximum absolute atomic E-state index is 14.9. The van der Waals surface area contributed by atoms with Crippen LogP contribution in [0.15, 0.2) is 39.9 Å². The second-order valence-electron chi connectivity index (χ2n) is 25.9. The normalized spacial score (nSPS) is 13.5. The van der Waals surface area contributed by atoms with Crippen LogP contribution in [0, 0.1) is 5.41 Å². The Morgan fingerprint density at radius 1 is 0.282 bits per heavy atom. The lowest BCUT2D eigenvalue weighted by molar-refractivity contribution is -0.136. The summed E-state index contributed by atoms with van der Waals surface area (Å²) >= 11 is 4.09. The van der Waals surface area contributed by atoms with Crippen molar-refractivity contribution in [1.29, 1.82) is 0 Å². The van der Waals surface area contributed by atoms with Gasteiger partial charge in [0.25, 0.3) is 0 Å². The highest BCUT2D eigenvalue weighted by Gasteiger charge is 2.36. The van der Waals surface area contributed by atoms with E-state index in [1.165, 1.54) is 6.92 Å². The molecule has 0 aromatic carbocycles. The van der Waals surface area contributed by atoms with E-state index in [-0.39, 0.29) is 209 Å². The van der Waals surface area contributed by atoms with Gasteiger partial charge in [0.15, 0.2) is 47.7 Å². The summed E-state index contributed by atoms with van der Waals surface area (Å²) in [5.41, 5.74) is 93.9. The number of nitrogens with zero attached hydrogens (tertiary/aromatic N) is 8. The SMILES string of the molecule is C[C@H](NC(=O)C(C)(C)C)C(=O)NCC(=O)N[C@H](CCCN=C(N)N)C(=O)N[C@H](CCCN=C(N)N)C(=O)N[C@H](CCCN=C(N)N)C(=O)N[C@H](CCCN=C(N)N)C(=O)N[C@H](CCCN=C(N)N)C(=O)N[C@H](CCCN=C(N)N)C(=O)N[C@H](CCCN=C(N)N)C(=O)N[C@H](CCCN=C(N)N)C(=O)N[C@H](CS)C(N)=O. The number of carbonyl (C=O) groups is 12. The third-order valence-electron chi connectivity index (χ3n) is 15.3. The summed E-state index contributed by atoms with van der Waals surface area (Å²) in [7, 11) is 0. The number of guanidine groups is 8. The van der Waals surface area contributed by atoms with Crippen LogP contribution in [0.4, 0.5) is 0 Å².